The van der Waals surface area contributed by atoms with E-state index in [4.69, 9.17) is 0 Å². The molecular formula is C18H15N5O3. The van der Waals surface area contributed by atoms with Crippen LogP contribution in [0.2, 0.25) is 0 Å². The lowest BCUT2D eigenvalue weighted by molar-refractivity contribution is -0.126. The van der Waals surface area contributed by atoms with Gasteiger partial charge in [-0.15, -0.1) is 0 Å². The van der Waals surface area contributed by atoms with E-state index in [1.165, 1.54) is 7.05 Å². The van der Waals surface area contributed by atoms with Crippen molar-refractivity contribution in [2.45, 2.75) is 6.04 Å². The number of nitrogens with zero attached hydrogens (tertiary/aromatic N) is 2. The van der Waals surface area contributed by atoms with Crippen LogP contribution in [0.25, 0.3) is 11.0 Å². The summed E-state index contributed by atoms with van der Waals surface area (Å²) in [4.78, 5) is 44.1. The van der Waals surface area contributed by atoms with E-state index in [1.54, 1.807) is 48.8 Å². The summed E-state index contributed by atoms with van der Waals surface area (Å²) < 4.78 is 0. The molecule has 0 radical (unpaired) electrons. The van der Waals surface area contributed by atoms with Gasteiger partial charge in [-0.2, -0.15) is 0 Å². The van der Waals surface area contributed by atoms with E-state index < -0.39 is 12.1 Å². The fraction of sp³-hybridized carbons (Fsp3) is 0.111. The molecule has 0 saturated carbocycles. The largest absolute Gasteiger partial charge is 0.345 e. The SMILES string of the molecule is CN1C(=O)NC(c2ccc(NC(=O)c3ccc4nc[nH]c4c3)cc2)C1=O. The molecule has 4 rings (SSSR count). The third-order valence-corrected chi connectivity index (χ3v) is 4.33. The molecule has 1 unspecified atom stereocenters. The second kappa shape index (κ2) is 5.99. The summed E-state index contributed by atoms with van der Waals surface area (Å²) in [5.41, 5.74) is 3.33. The van der Waals surface area contributed by atoms with Gasteiger partial charge in [0.2, 0.25) is 0 Å². The molecule has 2 heterocycles. The van der Waals surface area contributed by atoms with Gasteiger partial charge in [-0.3, -0.25) is 14.5 Å². The number of benzene rings is 2. The summed E-state index contributed by atoms with van der Waals surface area (Å²) in [6.45, 7) is 0. The number of carbonyl (C=O) groups is 3. The molecule has 1 aliphatic heterocycles. The number of anilines is 1. The fourth-order valence-electron chi connectivity index (χ4n) is 2.84. The zero-order valence-electron chi connectivity index (χ0n) is 13.8. The van der Waals surface area contributed by atoms with E-state index >= 15 is 0 Å². The molecule has 0 spiro atoms. The lowest BCUT2D eigenvalue weighted by Gasteiger charge is -2.10. The summed E-state index contributed by atoms with van der Waals surface area (Å²) in [5.74, 6) is -0.557. The van der Waals surface area contributed by atoms with E-state index in [0.29, 0.717) is 16.8 Å². The Balaban J connectivity index is 1.49. The third-order valence-electron chi connectivity index (χ3n) is 4.33. The van der Waals surface area contributed by atoms with Gasteiger partial charge in [0.25, 0.3) is 11.8 Å². The van der Waals surface area contributed by atoms with Crippen molar-refractivity contribution in [3.63, 3.8) is 0 Å². The first-order valence-electron chi connectivity index (χ1n) is 7.95. The van der Waals surface area contributed by atoms with Gasteiger partial charge in [0.15, 0.2) is 0 Å². The van der Waals surface area contributed by atoms with Crippen LogP contribution in [0.15, 0.2) is 48.8 Å². The minimum absolute atomic E-state index is 0.251. The first kappa shape index (κ1) is 15.8. The Morgan fingerprint density at radius 3 is 2.62 bits per heavy atom. The molecule has 0 bridgehead atoms. The second-order valence-electron chi connectivity index (χ2n) is 5.99. The fourth-order valence-corrected chi connectivity index (χ4v) is 2.84. The number of nitrogens with one attached hydrogen (secondary N) is 3. The molecule has 3 N–H and O–H groups in total. The Bertz CT molecular complexity index is 1020. The van der Waals surface area contributed by atoms with Crippen molar-refractivity contribution in [3.05, 3.63) is 59.9 Å². The molecule has 0 aliphatic carbocycles. The van der Waals surface area contributed by atoms with Crippen molar-refractivity contribution >= 4 is 34.6 Å². The number of likely N-dealkylation sites (N-methyl/N-ethyl adjacent to an activating group) is 1. The van der Waals surface area contributed by atoms with Gasteiger partial charge in [-0.1, -0.05) is 12.1 Å². The molecule has 8 heteroatoms. The average Bonchev–Trinajstić information content (AvgIpc) is 3.22. The molecule has 4 amide bonds. The third kappa shape index (κ3) is 2.67. The highest BCUT2D eigenvalue weighted by Gasteiger charge is 2.36. The number of H-pyrrole nitrogens is 1. The normalized spacial score (nSPS) is 16.8. The van der Waals surface area contributed by atoms with Crippen molar-refractivity contribution in [1.82, 2.24) is 20.2 Å². The minimum atomic E-state index is -0.694. The number of imidazole rings is 1. The molecule has 1 aromatic heterocycles. The van der Waals surface area contributed by atoms with Gasteiger partial charge in [-0.25, -0.2) is 9.78 Å². The van der Waals surface area contributed by atoms with Gasteiger partial charge < -0.3 is 15.6 Å². The van der Waals surface area contributed by atoms with Crippen LogP contribution in [0.3, 0.4) is 0 Å². The molecule has 1 aliphatic rings. The van der Waals surface area contributed by atoms with Crippen molar-refractivity contribution < 1.29 is 14.4 Å². The lowest BCUT2D eigenvalue weighted by Crippen LogP contribution is -2.25. The van der Waals surface area contributed by atoms with Crippen molar-refractivity contribution in [2.24, 2.45) is 0 Å². The number of amides is 4. The van der Waals surface area contributed by atoms with E-state index in [0.717, 1.165) is 15.9 Å². The number of urea groups is 1. The maximum Gasteiger partial charge on any atom is 0.324 e. The number of aromatic nitrogens is 2. The van der Waals surface area contributed by atoms with Gasteiger partial charge in [0, 0.05) is 18.3 Å². The summed E-state index contributed by atoms with van der Waals surface area (Å²) in [6, 6.07) is 10.9. The molecule has 130 valence electrons. The monoisotopic (exact) mass is 349 g/mol. The highest BCUT2D eigenvalue weighted by Crippen LogP contribution is 2.23. The van der Waals surface area contributed by atoms with Crippen LogP contribution in [0.4, 0.5) is 10.5 Å². The summed E-state index contributed by atoms with van der Waals surface area (Å²) >= 11 is 0. The smallest absolute Gasteiger partial charge is 0.324 e. The highest BCUT2D eigenvalue weighted by molar-refractivity contribution is 6.06. The zero-order valence-corrected chi connectivity index (χ0v) is 13.8. The Kier molecular flexibility index (Phi) is 3.65. The van der Waals surface area contributed by atoms with Gasteiger partial charge in [-0.05, 0) is 35.9 Å². The van der Waals surface area contributed by atoms with E-state index in [9.17, 15) is 14.4 Å². The molecule has 26 heavy (non-hydrogen) atoms. The number of imide groups is 1. The maximum absolute atomic E-state index is 12.4. The highest BCUT2D eigenvalue weighted by atomic mass is 16.2. The maximum atomic E-state index is 12.4. The zero-order chi connectivity index (χ0) is 18.3. The predicted molar refractivity (Wildman–Crippen MR) is 94.5 cm³/mol. The van der Waals surface area contributed by atoms with E-state index in [1.807, 2.05) is 0 Å². The Morgan fingerprint density at radius 1 is 1.15 bits per heavy atom. The molecule has 1 fully saturated rings. The quantitative estimate of drug-likeness (QED) is 0.629. The number of aromatic amines is 1. The molecule has 1 saturated heterocycles. The Morgan fingerprint density at radius 2 is 1.92 bits per heavy atom. The van der Waals surface area contributed by atoms with Gasteiger partial charge >= 0.3 is 6.03 Å². The summed E-state index contributed by atoms with van der Waals surface area (Å²) in [7, 11) is 1.43. The van der Waals surface area contributed by atoms with Crippen molar-refractivity contribution in [3.8, 4) is 0 Å². The summed E-state index contributed by atoms with van der Waals surface area (Å²) in [5, 5.41) is 5.42. The lowest BCUT2D eigenvalue weighted by atomic mass is 10.1. The number of rotatable bonds is 3. The van der Waals surface area contributed by atoms with Crippen LogP contribution in [0.1, 0.15) is 22.0 Å². The van der Waals surface area contributed by atoms with Gasteiger partial charge in [0.05, 0.1) is 17.4 Å². The Labute approximate surface area is 148 Å². The van der Waals surface area contributed by atoms with Crippen molar-refractivity contribution in [2.75, 3.05) is 12.4 Å². The average molecular weight is 349 g/mol. The number of hydrogen-bond acceptors (Lipinski definition) is 4. The van der Waals surface area contributed by atoms with Gasteiger partial charge in [0.1, 0.15) is 6.04 Å². The topological polar surface area (TPSA) is 107 Å². The van der Waals surface area contributed by atoms with Crippen LogP contribution < -0.4 is 10.6 Å². The van der Waals surface area contributed by atoms with E-state index in [2.05, 4.69) is 20.6 Å². The predicted octanol–water partition coefficient (Wildman–Crippen LogP) is 2.04. The number of carbonyl (C=O) groups excluding carboxylic acids is 3. The van der Waals surface area contributed by atoms with Crippen LogP contribution in [0.5, 0.6) is 0 Å². The first-order chi connectivity index (χ1) is 12.5. The number of fused-ring (bicyclic) bond motifs is 1. The number of hydrogen-bond donors (Lipinski definition) is 3. The first-order valence-corrected chi connectivity index (χ1v) is 7.95. The molecule has 2 aromatic carbocycles. The standard InChI is InChI=1S/C18H15N5O3/c1-23-17(25)15(22-18(23)26)10-2-5-12(6-3-10)21-16(24)11-4-7-13-14(8-11)20-9-19-13/h2-9,15H,1H3,(H,19,20)(H,21,24)(H,22,26). The van der Waals surface area contributed by atoms with E-state index in [-0.39, 0.29) is 11.8 Å². The summed E-state index contributed by atoms with van der Waals surface area (Å²) in [6.07, 6.45) is 1.57. The second-order valence-corrected chi connectivity index (χ2v) is 5.99. The van der Waals surface area contributed by atoms with Crippen LogP contribution >= 0.6 is 0 Å². The molecule has 1 atom stereocenters. The van der Waals surface area contributed by atoms with Crippen LogP contribution in [-0.4, -0.2) is 39.8 Å². The van der Waals surface area contributed by atoms with Crippen LogP contribution in [-0.2, 0) is 4.79 Å². The minimum Gasteiger partial charge on any atom is -0.345 e. The van der Waals surface area contributed by atoms with Crippen LogP contribution in [0, 0.1) is 0 Å². The molecule has 8 nitrogen and oxygen atoms in total. The Hall–Kier alpha value is -3.68. The molecule has 3 aromatic rings. The van der Waals surface area contributed by atoms with Crippen molar-refractivity contribution in [1.29, 1.82) is 0 Å². The molecular weight excluding hydrogens is 334 g/mol.